The first-order valence-electron chi connectivity index (χ1n) is 13.8. The molecule has 1 fully saturated rings. The lowest BCUT2D eigenvalue weighted by atomic mass is 9.97. The zero-order valence-electron chi connectivity index (χ0n) is 22.3. The maximum atomic E-state index is 13.4. The summed E-state index contributed by atoms with van der Waals surface area (Å²) in [5.41, 5.74) is 2.05. The van der Waals surface area contributed by atoms with Crippen molar-refractivity contribution in [3.63, 3.8) is 0 Å². The van der Waals surface area contributed by atoms with E-state index in [1.54, 1.807) is 4.90 Å². The predicted octanol–water partition coefficient (Wildman–Crippen LogP) is 3.57. The summed E-state index contributed by atoms with van der Waals surface area (Å²) in [5, 5.41) is 12.6. The fourth-order valence-corrected chi connectivity index (χ4v) is 5.03. The number of hydrogen-bond donors (Lipinski definition) is 2. The quantitative estimate of drug-likeness (QED) is 0.396. The Morgan fingerprint density at radius 1 is 1.05 bits per heavy atom. The Hall–Kier alpha value is -3.65. The van der Waals surface area contributed by atoms with Crippen LogP contribution < -0.4 is 10.1 Å². The van der Waals surface area contributed by atoms with Gasteiger partial charge in [-0.1, -0.05) is 54.6 Å². The first kappa shape index (κ1) is 28.4. The van der Waals surface area contributed by atoms with Gasteiger partial charge in [0, 0.05) is 19.4 Å². The number of benzene rings is 2. The summed E-state index contributed by atoms with van der Waals surface area (Å²) >= 11 is 0. The van der Waals surface area contributed by atoms with Crippen LogP contribution in [0.4, 0.5) is 0 Å². The van der Waals surface area contributed by atoms with Crippen LogP contribution in [0.15, 0.2) is 66.7 Å². The summed E-state index contributed by atoms with van der Waals surface area (Å²) in [6.45, 7) is 1.07. The Morgan fingerprint density at radius 3 is 2.62 bits per heavy atom. The molecule has 2 N–H and O–H groups in total. The monoisotopic (exact) mass is 534 g/mol. The number of nitrogens with zero attached hydrogens (tertiary/aromatic N) is 1. The molecule has 0 aromatic heterocycles. The van der Waals surface area contributed by atoms with Gasteiger partial charge in [-0.3, -0.25) is 14.4 Å². The number of aliphatic hydroxyl groups excluding tert-OH is 1. The molecule has 3 atom stereocenters. The Morgan fingerprint density at radius 2 is 1.85 bits per heavy atom. The van der Waals surface area contributed by atoms with E-state index in [1.165, 1.54) is 0 Å². The van der Waals surface area contributed by atoms with Crippen molar-refractivity contribution in [2.45, 2.75) is 63.6 Å². The van der Waals surface area contributed by atoms with Crippen LogP contribution in [0.1, 0.15) is 49.7 Å². The number of rotatable bonds is 8. The number of nitrogens with one attached hydrogen (secondary N) is 1. The molecule has 0 radical (unpaired) electrons. The number of aliphatic hydroxyl groups is 1. The molecule has 2 aliphatic rings. The van der Waals surface area contributed by atoms with Crippen LogP contribution in [-0.4, -0.2) is 59.6 Å². The number of cyclic esters (lactones) is 1. The second kappa shape index (κ2) is 14.5. The van der Waals surface area contributed by atoms with Gasteiger partial charge in [-0.05, 0) is 55.4 Å². The number of likely N-dealkylation sites (tertiary alicyclic amines) is 1. The molecule has 1 saturated heterocycles. The molecule has 0 bridgehead atoms. The molecule has 2 aromatic rings. The van der Waals surface area contributed by atoms with Crippen LogP contribution in [0.25, 0.3) is 0 Å². The minimum absolute atomic E-state index is 0.0555. The Balaban J connectivity index is 1.40. The van der Waals surface area contributed by atoms with E-state index in [-0.39, 0.29) is 49.9 Å². The number of amides is 2. The zero-order chi connectivity index (χ0) is 27.5. The summed E-state index contributed by atoms with van der Waals surface area (Å²) in [4.78, 5) is 40.3. The summed E-state index contributed by atoms with van der Waals surface area (Å²) < 4.78 is 11.3. The Labute approximate surface area is 230 Å². The minimum Gasteiger partial charge on any atom is -0.489 e. The van der Waals surface area contributed by atoms with Crippen molar-refractivity contribution in [3.05, 3.63) is 77.9 Å². The molecule has 0 aliphatic carbocycles. The maximum Gasteiger partial charge on any atom is 0.306 e. The fraction of sp³-hybridized carbons (Fsp3) is 0.452. The van der Waals surface area contributed by atoms with Crippen molar-refractivity contribution in [2.24, 2.45) is 5.92 Å². The highest BCUT2D eigenvalue weighted by Gasteiger charge is 2.32. The maximum absolute atomic E-state index is 13.4. The number of esters is 1. The molecule has 39 heavy (non-hydrogen) atoms. The van der Waals surface area contributed by atoms with E-state index in [0.717, 1.165) is 29.7 Å². The van der Waals surface area contributed by atoms with Crippen LogP contribution in [0, 0.1) is 5.92 Å². The molecule has 2 aliphatic heterocycles. The van der Waals surface area contributed by atoms with Crippen LogP contribution >= 0.6 is 0 Å². The zero-order valence-corrected chi connectivity index (χ0v) is 22.3. The van der Waals surface area contributed by atoms with Crippen LogP contribution in [0.3, 0.4) is 0 Å². The highest BCUT2D eigenvalue weighted by molar-refractivity contribution is 5.86. The topological polar surface area (TPSA) is 105 Å². The molecule has 2 amide bonds. The molecule has 4 rings (SSSR count). The molecule has 8 nitrogen and oxygen atoms in total. The first-order chi connectivity index (χ1) is 19.0. The van der Waals surface area contributed by atoms with Crippen molar-refractivity contribution in [1.82, 2.24) is 10.2 Å². The van der Waals surface area contributed by atoms with Gasteiger partial charge in [0.05, 0.1) is 24.6 Å². The van der Waals surface area contributed by atoms with E-state index in [4.69, 9.17) is 9.47 Å². The standard InChI is InChI=1S/C31H38N2O6/c34-20-27-11-7-17-33(27)29(35)19-25-10-5-2-6-12-30(36)39-22-26(32-31(25)37)18-23-13-15-28(16-14-23)38-21-24-8-3-1-4-9-24/h1-5,8-9,13-16,25-27,34H,6-7,10-12,17-22H2,(H,32,37)/t25-,26+,27+/m1/s1. The van der Waals surface area contributed by atoms with Gasteiger partial charge < -0.3 is 24.8 Å². The first-order valence-corrected chi connectivity index (χ1v) is 13.8. The molecule has 0 unspecified atom stereocenters. The third-order valence-electron chi connectivity index (χ3n) is 7.25. The third kappa shape index (κ3) is 8.68. The molecule has 2 aromatic carbocycles. The Bertz CT molecular complexity index is 1120. The smallest absolute Gasteiger partial charge is 0.306 e. The predicted molar refractivity (Wildman–Crippen MR) is 147 cm³/mol. The second-order valence-corrected chi connectivity index (χ2v) is 10.2. The molecule has 0 saturated carbocycles. The number of carbonyl (C=O) groups excluding carboxylic acids is 3. The molecule has 8 heteroatoms. The normalized spacial score (nSPS) is 22.4. The van der Waals surface area contributed by atoms with Crippen molar-refractivity contribution < 1.29 is 29.0 Å². The van der Waals surface area contributed by atoms with Crippen LogP contribution in [0.5, 0.6) is 5.75 Å². The SMILES string of the molecule is O=C1CCC=CC[C@H](CC(=O)N2CCC[C@H]2CO)C(=O)N[C@@H](Cc2ccc(OCc3ccccc3)cc2)CO1. The highest BCUT2D eigenvalue weighted by atomic mass is 16.5. The number of hydrogen-bond acceptors (Lipinski definition) is 6. The summed E-state index contributed by atoms with van der Waals surface area (Å²) in [5.74, 6) is -0.455. The summed E-state index contributed by atoms with van der Waals surface area (Å²) in [6, 6.07) is 17.0. The van der Waals surface area contributed by atoms with Crippen molar-refractivity contribution >= 4 is 17.8 Å². The number of carbonyl (C=O) groups is 3. The third-order valence-corrected chi connectivity index (χ3v) is 7.25. The van der Waals surface area contributed by atoms with E-state index in [9.17, 15) is 19.5 Å². The molecule has 0 spiro atoms. The van der Waals surface area contributed by atoms with Gasteiger partial charge in [-0.15, -0.1) is 0 Å². The van der Waals surface area contributed by atoms with E-state index >= 15 is 0 Å². The number of allylic oxidation sites excluding steroid dienone is 2. The number of ether oxygens (including phenoxy) is 2. The summed E-state index contributed by atoms with van der Waals surface area (Å²) in [6.07, 6.45) is 7.10. The van der Waals surface area contributed by atoms with Gasteiger partial charge >= 0.3 is 5.97 Å². The highest BCUT2D eigenvalue weighted by Crippen LogP contribution is 2.22. The van der Waals surface area contributed by atoms with Gasteiger partial charge in [-0.2, -0.15) is 0 Å². The van der Waals surface area contributed by atoms with Crippen molar-refractivity contribution in [3.8, 4) is 5.75 Å². The van der Waals surface area contributed by atoms with Gasteiger partial charge in [0.25, 0.3) is 0 Å². The van der Waals surface area contributed by atoms with Crippen LogP contribution in [0.2, 0.25) is 0 Å². The molecular weight excluding hydrogens is 496 g/mol. The van der Waals surface area contributed by atoms with E-state index in [1.807, 2.05) is 66.7 Å². The summed E-state index contributed by atoms with van der Waals surface area (Å²) in [7, 11) is 0. The van der Waals surface area contributed by atoms with Gasteiger partial charge in [0.15, 0.2) is 0 Å². The molecular formula is C31H38N2O6. The average Bonchev–Trinajstić information content (AvgIpc) is 3.44. The lowest BCUT2D eigenvalue weighted by Gasteiger charge is -2.26. The van der Waals surface area contributed by atoms with Gasteiger partial charge in [-0.25, -0.2) is 0 Å². The largest absolute Gasteiger partial charge is 0.489 e. The average molecular weight is 535 g/mol. The van der Waals surface area contributed by atoms with E-state index in [2.05, 4.69) is 5.32 Å². The second-order valence-electron chi connectivity index (χ2n) is 10.2. The molecule has 2 heterocycles. The van der Waals surface area contributed by atoms with Crippen molar-refractivity contribution in [2.75, 3.05) is 19.8 Å². The lowest BCUT2D eigenvalue weighted by molar-refractivity contribution is -0.145. The van der Waals surface area contributed by atoms with Gasteiger partial charge in [0.1, 0.15) is 19.0 Å². The van der Waals surface area contributed by atoms with Gasteiger partial charge in [0.2, 0.25) is 11.8 Å². The van der Waals surface area contributed by atoms with Crippen molar-refractivity contribution in [1.29, 1.82) is 0 Å². The van der Waals surface area contributed by atoms with E-state index < -0.39 is 12.0 Å². The molecule has 208 valence electrons. The van der Waals surface area contributed by atoms with E-state index in [0.29, 0.717) is 32.4 Å². The Kier molecular flexibility index (Phi) is 10.5. The fourth-order valence-electron chi connectivity index (χ4n) is 5.03. The minimum atomic E-state index is -0.542. The lowest BCUT2D eigenvalue weighted by Crippen LogP contribution is -2.45. The van der Waals surface area contributed by atoms with Crippen LogP contribution in [-0.2, 0) is 32.1 Å².